The van der Waals surface area contributed by atoms with Gasteiger partial charge in [0.1, 0.15) is 10.7 Å². The van der Waals surface area contributed by atoms with Crippen molar-refractivity contribution < 1.29 is 13.2 Å². The monoisotopic (exact) mass is 273 g/mol. The Kier molecular flexibility index (Phi) is 5.06. The molecule has 1 aromatic rings. The maximum Gasteiger partial charge on any atom is 0.246 e. The van der Waals surface area contributed by atoms with Gasteiger partial charge in [-0.2, -0.15) is 4.31 Å². The number of likely N-dealkylation sites (N-methyl/N-ethyl adjacent to an activating group) is 1. The lowest BCUT2D eigenvalue weighted by Gasteiger charge is -2.24. The molecule has 0 aromatic carbocycles. The van der Waals surface area contributed by atoms with E-state index in [0.717, 1.165) is 0 Å². The average molecular weight is 273 g/mol. The highest BCUT2D eigenvalue weighted by molar-refractivity contribution is 7.89. The van der Waals surface area contributed by atoms with E-state index in [-0.39, 0.29) is 10.9 Å². The van der Waals surface area contributed by atoms with Crippen LogP contribution in [0.4, 0.5) is 5.82 Å². The maximum absolute atomic E-state index is 12.4. The number of rotatable bonds is 6. The second-order valence-corrected chi connectivity index (χ2v) is 5.89. The van der Waals surface area contributed by atoms with Crippen LogP contribution in [0.15, 0.2) is 23.2 Å². The van der Waals surface area contributed by atoms with Crippen molar-refractivity contribution in [3.05, 3.63) is 18.3 Å². The fourth-order valence-corrected chi connectivity index (χ4v) is 3.02. The predicted molar refractivity (Wildman–Crippen MR) is 70.1 cm³/mol. The Hall–Kier alpha value is -1.18. The standard InChI is InChI=1S/C11H19N3O3S/c1-9(8-17-4)14(3)18(15,16)10-6-5-7-13-11(10)12-2/h5-7,9H,8H2,1-4H3,(H,12,13). The highest BCUT2D eigenvalue weighted by Crippen LogP contribution is 2.22. The molecule has 102 valence electrons. The Morgan fingerprint density at radius 1 is 1.56 bits per heavy atom. The van der Waals surface area contributed by atoms with E-state index in [1.165, 1.54) is 17.4 Å². The van der Waals surface area contributed by atoms with Gasteiger partial charge in [-0.25, -0.2) is 13.4 Å². The fourth-order valence-electron chi connectivity index (χ4n) is 1.52. The molecule has 0 amide bonds. The lowest BCUT2D eigenvalue weighted by molar-refractivity contribution is 0.149. The largest absolute Gasteiger partial charge is 0.383 e. The second kappa shape index (κ2) is 6.12. The van der Waals surface area contributed by atoms with E-state index in [2.05, 4.69) is 10.3 Å². The van der Waals surface area contributed by atoms with Crippen LogP contribution in [-0.2, 0) is 14.8 Å². The molecule has 0 radical (unpaired) electrons. The van der Waals surface area contributed by atoms with Crippen molar-refractivity contribution in [2.24, 2.45) is 0 Å². The van der Waals surface area contributed by atoms with Gasteiger partial charge in [0.05, 0.1) is 6.61 Å². The quantitative estimate of drug-likeness (QED) is 0.829. The van der Waals surface area contributed by atoms with Crippen LogP contribution in [0.2, 0.25) is 0 Å². The molecular formula is C11H19N3O3S. The lowest BCUT2D eigenvalue weighted by atomic mass is 10.4. The van der Waals surface area contributed by atoms with Crippen molar-refractivity contribution in [3.63, 3.8) is 0 Å². The predicted octanol–water partition coefficient (Wildman–Crippen LogP) is 0.779. The van der Waals surface area contributed by atoms with Gasteiger partial charge in [0.15, 0.2) is 0 Å². The van der Waals surface area contributed by atoms with Crippen molar-refractivity contribution in [2.45, 2.75) is 17.9 Å². The summed E-state index contributed by atoms with van der Waals surface area (Å²) >= 11 is 0. The third-order valence-corrected chi connectivity index (χ3v) is 4.70. The van der Waals surface area contributed by atoms with Crippen molar-refractivity contribution in [3.8, 4) is 0 Å². The highest BCUT2D eigenvalue weighted by Gasteiger charge is 2.27. The molecule has 0 bridgehead atoms. The van der Waals surface area contributed by atoms with E-state index >= 15 is 0 Å². The molecule has 0 saturated carbocycles. The van der Waals surface area contributed by atoms with Crippen LogP contribution in [-0.4, -0.2) is 51.6 Å². The number of aromatic nitrogens is 1. The number of ether oxygens (including phenoxy) is 1. The van der Waals surface area contributed by atoms with Crippen LogP contribution >= 0.6 is 0 Å². The normalized spacial score (nSPS) is 13.6. The van der Waals surface area contributed by atoms with Crippen molar-refractivity contribution >= 4 is 15.8 Å². The van der Waals surface area contributed by atoms with Crippen molar-refractivity contribution in [2.75, 3.05) is 33.1 Å². The van der Waals surface area contributed by atoms with Crippen LogP contribution in [0, 0.1) is 0 Å². The topological polar surface area (TPSA) is 71.5 Å². The van der Waals surface area contributed by atoms with Gasteiger partial charge in [-0.15, -0.1) is 0 Å². The number of hydrogen-bond acceptors (Lipinski definition) is 5. The number of nitrogens with zero attached hydrogens (tertiary/aromatic N) is 2. The third-order valence-electron chi connectivity index (χ3n) is 2.69. The molecule has 1 N–H and O–H groups in total. The molecule has 0 spiro atoms. The average Bonchev–Trinajstić information content (AvgIpc) is 2.38. The third kappa shape index (κ3) is 2.98. The number of methoxy groups -OCH3 is 1. The van der Waals surface area contributed by atoms with Gasteiger partial charge in [-0.1, -0.05) is 0 Å². The molecule has 0 saturated heterocycles. The Bertz CT molecular complexity index is 490. The summed E-state index contributed by atoms with van der Waals surface area (Å²) in [5.74, 6) is 0.342. The van der Waals surface area contributed by atoms with Gasteiger partial charge < -0.3 is 10.1 Å². The summed E-state index contributed by atoms with van der Waals surface area (Å²) in [6.45, 7) is 2.13. The van der Waals surface area contributed by atoms with Crippen LogP contribution in [0.25, 0.3) is 0 Å². The molecule has 1 rings (SSSR count). The lowest BCUT2D eigenvalue weighted by Crippen LogP contribution is -2.38. The number of anilines is 1. The zero-order valence-corrected chi connectivity index (χ0v) is 11.9. The number of hydrogen-bond donors (Lipinski definition) is 1. The highest BCUT2D eigenvalue weighted by atomic mass is 32.2. The minimum atomic E-state index is -3.57. The number of pyridine rings is 1. The number of nitrogens with one attached hydrogen (secondary N) is 1. The first kappa shape index (κ1) is 14.9. The molecule has 7 heteroatoms. The Morgan fingerprint density at radius 3 is 2.78 bits per heavy atom. The van der Waals surface area contributed by atoms with Crippen LogP contribution in [0.5, 0.6) is 0 Å². The second-order valence-electron chi connectivity index (χ2n) is 3.93. The SMILES string of the molecule is CNc1ncccc1S(=O)(=O)N(C)C(C)COC. The molecule has 1 atom stereocenters. The van der Waals surface area contributed by atoms with E-state index in [1.807, 2.05) is 0 Å². The van der Waals surface area contributed by atoms with Crippen LogP contribution < -0.4 is 5.32 Å². The Balaban J connectivity index is 3.13. The summed E-state index contributed by atoms with van der Waals surface area (Å²) in [6, 6.07) is 2.89. The summed E-state index contributed by atoms with van der Waals surface area (Å²) in [7, 11) is 1.14. The minimum Gasteiger partial charge on any atom is -0.383 e. The zero-order chi connectivity index (χ0) is 13.8. The smallest absolute Gasteiger partial charge is 0.246 e. The Morgan fingerprint density at radius 2 is 2.22 bits per heavy atom. The molecule has 0 aliphatic carbocycles. The molecule has 1 heterocycles. The molecule has 0 fully saturated rings. The minimum absolute atomic E-state index is 0.165. The summed E-state index contributed by atoms with van der Waals surface area (Å²) in [5, 5.41) is 2.78. The molecule has 6 nitrogen and oxygen atoms in total. The fraction of sp³-hybridized carbons (Fsp3) is 0.545. The molecule has 0 aliphatic heterocycles. The van der Waals surface area contributed by atoms with Crippen molar-refractivity contribution in [1.29, 1.82) is 0 Å². The molecule has 0 aliphatic rings. The Labute approximate surface area is 108 Å². The number of sulfonamides is 1. The van der Waals surface area contributed by atoms with Crippen LogP contribution in [0.1, 0.15) is 6.92 Å². The summed E-state index contributed by atoms with van der Waals surface area (Å²) in [6.07, 6.45) is 1.55. The van der Waals surface area contributed by atoms with Crippen LogP contribution in [0.3, 0.4) is 0 Å². The summed E-state index contributed by atoms with van der Waals surface area (Å²) in [4.78, 5) is 4.17. The molecular weight excluding hydrogens is 254 g/mol. The molecule has 18 heavy (non-hydrogen) atoms. The van der Waals surface area contributed by atoms with E-state index < -0.39 is 10.0 Å². The van der Waals surface area contributed by atoms with Crippen molar-refractivity contribution in [1.82, 2.24) is 9.29 Å². The van der Waals surface area contributed by atoms with E-state index in [1.54, 1.807) is 33.3 Å². The van der Waals surface area contributed by atoms with Gasteiger partial charge in [-0.05, 0) is 19.1 Å². The van der Waals surface area contributed by atoms with E-state index in [9.17, 15) is 8.42 Å². The van der Waals surface area contributed by atoms with E-state index in [0.29, 0.717) is 12.4 Å². The molecule has 1 aromatic heterocycles. The summed E-state index contributed by atoms with van der Waals surface area (Å²) < 4.78 is 31.1. The van der Waals surface area contributed by atoms with Gasteiger partial charge in [-0.3, -0.25) is 0 Å². The summed E-state index contributed by atoms with van der Waals surface area (Å²) in [5.41, 5.74) is 0. The first-order chi connectivity index (χ1) is 8.45. The maximum atomic E-state index is 12.4. The van der Waals surface area contributed by atoms with E-state index in [4.69, 9.17) is 4.74 Å². The van der Waals surface area contributed by atoms with Gasteiger partial charge in [0.2, 0.25) is 10.0 Å². The first-order valence-electron chi connectivity index (χ1n) is 5.55. The first-order valence-corrected chi connectivity index (χ1v) is 6.99. The van der Waals surface area contributed by atoms with Gasteiger partial charge in [0, 0.05) is 33.4 Å². The van der Waals surface area contributed by atoms with Gasteiger partial charge in [0.25, 0.3) is 0 Å². The molecule has 1 unspecified atom stereocenters. The zero-order valence-electron chi connectivity index (χ0n) is 11.0. The van der Waals surface area contributed by atoms with Gasteiger partial charge >= 0.3 is 0 Å².